The maximum Gasteiger partial charge on any atom is 0.257 e. The van der Waals surface area contributed by atoms with Crippen LogP contribution >= 0.6 is 0 Å². The summed E-state index contributed by atoms with van der Waals surface area (Å²) in [7, 11) is 3.82. The number of aromatic nitrogens is 2. The lowest BCUT2D eigenvalue weighted by molar-refractivity contribution is 0.0465. The molecule has 2 aliphatic heterocycles. The van der Waals surface area contributed by atoms with Crippen LogP contribution in [-0.4, -0.2) is 52.0 Å². The number of fused-ring (bicyclic) bond motifs is 1. The molecule has 1 amide bonds. The molecule has 0 spiro atoms. The first kappa shape index (κ1) is 16.2. The fraction of sp³-hybridized carbons (Fsp3) is 0.706. The van der Waals surface area contributed by atoms with Crippen molar-refractivity contribution >= 4 is 11.9 Å². The van der Waals surface area contributed by atoms with Crippen LogP contribution in [-0.2, 0) is 6.54 Å². The monoisotopic (exact) mass is 317 g/mol. The lowest BCUT2D eigenvalue weighted by Crippen LogP contribution is -2.62. The average molecular weight is 317 g/mol. The molecule has 0 aromatic carbocycles. The largest absolute Gasteiger partial charge is 0.347 e. The molecule has 6 nitrogen and oxygen atoms in total. The molecule has 1 aromatic rings. The van der Waals surface area contributed by atoms with Crippen molar-refractivity contribution in [3.8, 4) is 0 Å². The summed E-state index contributed by atoms with van der Waals surface area (Å²) in [5, 5.41) is 3.67. The van der Waals surface area contributed by atoms with Crippen molar-refractivity contribution in [2.75, 3.05) is 19.0 Å². The van der Waals surface area contributed by atoms with Crippen LogP contribution in [0.15, 0.2) is 6.20 Å². The molecule has 3 heterocycles. The second-order valence-corrected chi connectivity index (χ2v) is 8.31. The van der Waals surface area contributed by atoms with Crippen molar-refractivity contribution < 1.29 is 4.79 Å². The van der Waals surface area contributed by atoms with Crippen LogP contribution in [0.4, 0.5) is 5.95 Å². The van der Waals surface area contributed by atoms with Gasteiger partial charge in [0.15, 0.2) is 0 Å². The van der Waals surface area contributed by atoms with Crippen molar-refractivity contribution in [3.63, 3.8) is 0 Å². The fourth-order valence-corrected chi connectivity index (χ4v) is 4.09. The standard InChI is InChI=1S/C17H27N5O/c1-16(2)7-11(8-17(3,4)20-16)22-10-13-12(14(22)23)9-18-15(19-13)21(5)6/h9,11,20H,7-8,10H2,1-6H3. The van der Waals surface area contributed by atoms with Gasteiger partial charge in [-0.3, -0.25) is 4.79 Å². The predicted molar refractivity (Wildman–Crippen MR) is 90.5 cm³/mol. The van der Waals surface area contributed by atoms with E-state index < -0.39 is 0 Å². The molecule has 0 bridgehead atoms. The molecule has 0 unspecified atom stereocenters. The highest BCUT2D eigenvalue weighted by atomic mass is 16.2. The van der Waals surface area contributed by atoms with Crippen LogP contribution in [0.25, 0.3) is 0 Å². The van der Waals surface area contributed by atoms with Gasteiger partial charge in [0.2, 0.25) is 5.95 Å². The maximum atomic E-state index is 12.8. The van der Waals surface area contributed by atoms with Gasteiger partial charge < -0.3 is 15.1 Å². The van der Waals surface area contributed by atoms with Crippen LogP contribution in [0, 0.1) is 0 Å². The van der Waals surface area contributed by atoms with Gasteiger partial charge in [-0.1, -0.05) is 0 Å². The predicted octanol–water partition coefficient (Wildman–Crippen LogP) is 1.81. The van der Waals surface area contributed by atoms with E-state index in [0.717, 1.165) is 18.5 Å². The molecule has 0 radical (unpaired) electrons. The first-order valence-corrected chi connectivity index (χ1v) is 8.22. The normalized spacial score (nSPS) is 23.0. The molecule has 23 heavy (non-hydrogen) atoms. The first-order chi connectivity index (χ1) is 10.6. The molecular weight excluding hydrogens is 290 g/mol. The van der Waals surface area contributed by atoms with Crippen molar-refractivity contribution in [1.29, 1.82) is 0 Å². The number of hydrogen-bond acceptors (Lipinski definition) is 5. The maximum absolute atomic E-state index is 12.8. The molecule has 1 fully saturated rings. The first-order valence-electron chi connectivity index (χ1n) is 8.22. The van der Waals surface area contributed by atoms with Gasteiger partial charge in [-0.2, -0.15) is 0 Å². The van der Waals surface area contributed by atoms with E-state index in [4.69, 9.17) is 0 Å². The van der Waals surface area contributed by atoms with Gasteiger partial charge >= 0.3 is 0 Å². The van der Waals surface area contributed by atoms with Gasteiger partial charge in [0.05, 0.1) is 17.8 Å². The topological polar surface area (TPSA) is 61.4 Å². The number of nitrogens with one attached hydrogen (secondary N) is 1. The molecule has 1 N–H and O–H groups in total. The number of carbonyl (C=O) groups excluding carboxylic acids is 1. The molecular formula is C17H27N5O. The summed E-state index contributed by atoms with van der Waals surface area (Å²) in [6, 6.07) is 0.228. The minimum absolute atomic E-state index is 0.0158. The Kier molecular flexibility index (Phi) is 3.63. The summed E-state index contributed by atoms with van der Waals surface area (Å²) in [4.78, 5) is 25.5. The van der Waals surface area contributed by atoms with Gasteiger partial charge in [0, 0.05) is 37.4 Å². The highest BCUT2D eigenvalue weighted by Gasteiger charge is 2.43. The third kappa shape index (κ3) is 3.04. The molecule has 2 aliphatic rings. The van der Waals surface area contributed by atoms with E-state index >= 15 is 0 Å². The van der Waals surface area contributed by atoms with E-state index in [1.807, 2.05) is 23.9 Å². The molecule has 0 aliphatic carbocycles. The Morgan fingerprint density at radius 1 is 1.22 bits per heavy atom. The number of rotatable bonds is 2. The second kappa shape index (κ2) is 5.16. The van der Waals surface area contributed by atoms with Gasteiger partial charge in [0.25, 0.3) is 5.91 Å². The summed E-state index contributed by atoms with van der Waals surface area (Å²) in [6.07, 6.45) is 3.58. The lowest BCUT2D eigenvalue weighted by Gasteiger charge is -2.48. The van der Waals surface area contributed by atoms with E-state index in [0.29, 0.717) is 18.1 Å². The number of nitrogens with zero attached hydrogens (tertiary/aromatic N) is 4. The van der Waals surface area contributed by atoms with Crippen molar-refractivity contribution in [2.45, 2.75) is 64.2 Å². The molecule has 1 saturated heterocycles. The average Bonchev–Trinajstić information content (AvgIpc) is 2.72. The van der Waals surface area contributed by atoms with Crippen LogP contribution in [0.1, 0.15) is 56.6 Å². The molecule has 6 heteroatoms. The quantitative estimate of drug-likeness (QED) is 0.901. The van der Waals surface area contributed by atoms with Crippen molar-refractivity contribution in [2.24, 2.45) is 0 Å². The smallest absolute Gasteiger partial charge is 0.257 e. The summed E-state index contributed by atoms with van der Waals surface area (Å²) < 4.78 is 0. The van der Waals surface area contributed by atoms with Crippen molar-refractivity contribution in [3.05, 3.63) is 17.5 Å². The Balaban J connectivity index is 1.87. The Morgan fingerprint density at radius 3 is 2.39 bits per heavy atom. The van der Waals surface area contributed by atoms with Crippen LogP contribution in [0.3, 0.4) is 0 Å². The molecule has 126 valence electrons. The van der Waals surface area contributed by atoms with Crippen LogP contribution < -0.4 is 10.2 Å². The Bertz CT molecular complexity index is 622. The Morgan fingerprint density at radius 2 is 1.83 bits per heavy atom. The molecule has 1 aromatic heterocycles. The summed E-state index contributed by atoms with van der Waals surface area (Å²) >= 11 is 0. The lowest BCUT2D eigenvalue weighted by atomic mass is 9.79. The molecule has 0 saturated carbocycles. The highest BCUT2D eigenvalue weighted by molar-refractivity contribution is 5.97. The summed E-state index contributed by atoms with van der Waals surface area (Å²) in [5.41, 5.74) is 1.54. The number of carbonyl (C=O) groups is 1. The van der Waals surface area contributed by atoms with Crippen LogP contribution in [0.2, 0.25) is 0 Å². The van der Waals surface area contributed by atoms with Gasteiger partial charge in [-0.25, -0.2) is 9.97 Å². The molecule has 3 rings (SSSR count). The second-order valence-electron chi connectivity index (χ2n) is 8.31. The van der Waals surface area contributed by atoms with E-state index in [-0.39, 0.29) is 23.0 Å². The van der Waals surface area contributed by atoms with Crippen LogP contribution in [0.5, 0.6) is 0 Å². The van der Waals surface area contributed by atoms with Crippen molar-refractivity contribution in [1.82, 2.24) is 20.2 Å². The Labute approximate surface area is 138 Å². The zero-order valence-electron chi connectivity index (χ0n) is 15.0. The van der Waals surface area contributed by atoms with E-state index in [9.17, 15) is 4.79 Å². The SMILES string of the molecule is CN(C)c1ncc2c(n1)CN(C1CC(C)(C)NC(C)(C)C1)C2=O. The van der Waals surface area contributed by atoms with Gasteiger partial charge in [-0.15, -0.1) is 0 Å². The van der Waals surface area contributed by atoms with Gasteiger partial charge in [0.1, 0.15) is 0 Å². The fourth-order valence-electron chi connectivity index (χ4n) is 4.09. The highest BCUT2D eigenvalue weighted by Crippen LogP contribution is 2.35. The molecule has 0 atom stereocenters. The zero-order valence-corrected chi connectivity index (χ0v) is 15.0. The minimum atomic E-state index is 0.0158. The summed E-state index contributed by atoms with van der Waals surface area (Å²) in [5.74, 6) is 0.730. The Hall–Kier alpha value is -1.69. The number of anilines is 1. The summed E-state index contributed by atoms with van der Waals surface area (Å²) in [6.45, 7) is 9.42. The third-order valence-electron chi connectivity index (χ3n) is 4.68. The van der Waals surface area contributed by atoms with E-state index in [1.165, 1.54) is 0 Å². The number of hydrogen-bond donors (Lipinski definition) is 1. The van der Waals surface area contributed by atoms with E-state index in [2.05, 4.69) is 43.0 Å². The number of piperidine rings is 1. The third-order valence-corrected chi connectivity index (χ3v) is 4.68. The zero-order chi connectivity index (χ0) is 17.0. The van der Waals surface area contributed by atoms with E-state index in [1.54, 1.807) is 6.20 Å². The minimum Gasteiger partial charge on any atom is -0.347 e. The van der Waals surface area contributed by atoms with Gasteiger partial charge in [-0.05, 0) is 40.5 Å². The number of amides is 1.